The summed E-state index contributed by atoms with van der Waals surface area (Å²) in [5.74, 6) is -0.436. The Balaban J connectivity index is 2.05. The van der Waals surface area contributed by atoms with E-state index in [1.807, 2.05) is 11.8 Å². The molecule has 1 aliphatic heterocycles. The van der Waals surface area contributed by atoms with Crippen LogP contribution in [0, 0.1) is 17.2 Å². The number of ether oxygens (including phenoxy) is 1. The molecule has 0 N–H and O–H groups in total. The maximum atomic E-state index is 12.3. The van der Waals surface area contributed by atoms with Crippen LogP contribution in [0.15, 0.2) is 0 Å². The summed E-state index contributed by atoms with van der Waals surface area (Å²) in [5, 5.41) is 9.07. The van der Waals surface area contributed by atoms with Crippen molar-refractivity contribution in [2.24, 2.45) is 5.92 Å². The lowest BCUT2D eigenvalue weighted by Gasteiger charge is -2.38. The molecular formula is C13H20N2O2. The molecule has 0 aromatic heterocycles. The summed E-state index contributed by atoms with van der Waals surface area (Å²) in [6, 6.07) is 2.37. The molecule has 4 nitrogen and oxygen atoms in total. The van der Waals surface area contributed by atoms with Crippen LogP contribution < -0.4 is 0 Å². The summed E-state index contributed by atoms with van der Waals surface area (Å²) >= 11 is 0. The fourth-order valence-electron chi connectivity index (χ4n) is 2.93. The molecule has 2 aliphatic rings. The molecule has 1 saturated carbocycles. The van der Waals surface area contributed by atoms with Crippen molar-refractivity contribution in [2.45, 2.75) is 51.2 Å². The first-order chi connectivity index (χ1) is 8.27. The summed E-state index contributed by atoms with van der Waals surface area (Å²) in [6.45, 7) is 3.29. The minimum Gasteiger partial charge on any atom is -0.374 e. The molecule has 1 aliphatic carbocycles. The van der Waals surface area contributed by atoms with Gasteiger partial charge in [0.1, 0.15) is 5.92 Å². The van der Waals surface area contributed by atoms with Gasteiger partial charge >= 0.3 is 0 Å². The third-order valence-corrected chi connectivity index (χ3v) is 3.80. The normalized spacial score (nSPS) is 29.5. The van der Waals surface area contributed by atoms with E-state index in [0.29, 0.717) is 19.6 Å². The van der Waals surface area contributed by atoms with Crippen molar-refractivity contribution >= 4 is 5.91 Å². The molecular weight excluding hydrogens is 216 g/mol. The smallest absolute Gasteiger partial charge is 0.240 e. The highest BCUT2D eigenvalue weighted by Crippen LogP contribution is 2.30. The van der Waals surface area contributed by atoms with Gasteiger partial charge in [0.25, 0.3) is 0 Å². The van der Waals surface area contributed by atoms with Crippen molar-refractivity contribution in [3.63, 3.8) is 0 Å². The molecule has 0 spiro atoms. The van der Waals surface area contributed by atoms with E-state index in [2.05, 4.69) is 6.07 Å². The van der Waals surface area contributed by atoms with Gasteiger partial charge < -0.3 is 9.64 Å². The SMILES string of the molecule is CCCC(C#N)C(=O)N1CCOC2CCCC21. The molecule has 4 heteroatoms. The van der Waals surface area contributed by atoms with E-state index in [1.165, 1.54) is 0 Å². The maximum Gasteiger partial charge on any atom is 0.240 e. The van der Waals surface area contributed by atoms with Gasteiger partial charge in [-0.25, -0.2) is 0 Å². The molecule has 0 bridgehead atoms. The molecule has 0 aromatic rings. The Morgan fingerprint density at radius 3 is 3.12 bits per heavy atom. The Labute approximate surface area is 103 Å². The number of carbonyl (C=O) groups excluding carboxylic acids is 1. The first-order valence-electron chi connectivity index (χ1n) is 6.59. The number of rotatable bonds is 3. The highest BCUT2D eigenvalue weighted by atomic mass is 16.5. The van der Waals surface area contributed by atoms with E-state index in [9.17, 15) is 4.79 Å². The van der Waals surface area contributed by atoms with Gasteiger partial charge in [-0.3, -0.25) is 4.79 Å². The highest BCUT2D eigenvalue weighted by Gasteiger charge is 2.40. The van der Waals surface area contributed by atoms with E-state index in [0.717, 1.165) is 25.7 Å². The predicted molar refractivity (Wildman–Crippen MR) is 63.1 cm³/mol. The largest absolute Gasteiger partial charge is 0.374 e. The number of hydrogen-bond acceptors (Lipinski definition) is 3. The second kappa shape index (κ2) is 5.50. The number of amides is 1. The van der Waals surface area contributed by atoms with Crippen molar-refractivity contribution in [1.82, 2.24) is 4.90 Å². The van der Waals surface area contributed by atoms with E-state index in [4.69, 9.17) is 10.00 Å². The van der Waals surface area contributed by atoms with Gasteiger partial charge in [-0.05, 0) is 25.7 Å². The predicted octanol–water partition coefficient (Wildman–Crippen LogP) is 1.71. The van der Waals surface area contributed by atoms with E-state index in [-0.39, 0.29) is 18.1 Å². The lowest BCUT2D eigenvalue weighted by molar-refractivity contribution is -0.146. The average Bonchev–Trinajstić information content (AvgIpc) is 2.83. The van der Waals surface area contributed by atoms with Gasteiger partial charge in [0.05, 0.1) is 24.8 Å². The van der Waals surface area contributed by atoms with Crippen LogP contribution in [-0.2, 0) is 9.53 Å². The van der Waals surface area contributed by atoms with Crippen molar-refractivity contribution < 1.29 is 9.53 Å². The van der Waals surface area contributed by atoms with Gasteiger partial charge in [0, 0.05) is 6.54 Å². The fourth-order valence-corrected chi connectivity index (χ4v) is 2.93. The van der Waals surface area contributed by atoms with Gasteiger partial charge in [-0.2, -0.15) is 5.26 Å². The number of hydrogen-bond donors (Lipinski definition) is 0. The van der Waals surface area contributed by atoms with Crippen molar-refractivity contribution in [2.75, 3.05) is 13.2 Å². The number of morpholine rings is 1. The summed E-state index contributed by atoms with van der Waals surface area (Å²) in [5.41, 5.74) is 0. The Bertz CT molecular complexity index is 324. The monoisotopic (exact) mass is 236 g/mol. The van der Waals surface area contributed by atoms with Crippen molar-refractivity contribution in [3.05, 3.63) is 0 Å². The molecule has 94 valence electrons. The van der Waals surface area contributed by atoms with Gasteiger partial charge in [-0.15, -0.1) is 0 Å². The van der Waals surface area contributed by atoms with E-state index in [1.54, 1.807) is 0 Å². The summed E-state index contributed by atoms with van der Waals surface area (Å²) < 4.78 is 5.68. The second-order valence-electron chi connectivity index (χ2n) is 4.91. The number of nitriles is 1. The summed E-state index contributed by atoms with van der Waals surface area (Å²) in [7, 11) is 0. The third kappa shape index (κ3) is 2.44. The topological polar surface area (TPSA) is 53.3 Å². The Kier molecular flexibility index (Phi) is 4.01. The van der Waals surface area contributed by atoms with Crippen LogP contribution in [0.25, 0.3) is 0 Å². The van der Waals surface area contributed by atoms with E-state index >= 15 is 0 Å². The Hall–Kier alpha value is -1.08. The summed E-state index contributed by atoms with van der Waals surface area (Å²) in [4.78, 5) is 14.2. The quantitative estimate of drug-likeness (QED) is 0.749. The standard InChI is InChI=1S/C13H20N2O2/c1-2-4-10(9-14)13(16)15-7-8-17-12-6-3-5-11(12)15/h10-12H,2-8H2,1H3. The second-order valence-corrected chi connectivity index (χ2v) is 4.91. The third-order valence-electron chi connectivity index (χ3n) is 3.80. The van der Waals surface area contributed by atoms with Crippen LogP contribution in [0.5, 0.6) is 0 Å². The lowest BCUT2D eigenvalue weighted by Crippen LogP contribution is -2.52. The minimum absolute atomic E-state index is 0.0227. The zero-order valence-electron chi connectivity index (χ0n) is 10.4. The molecule has 3 atom stereocenters. The van der Waals surface area contributed by atoms with Crippen molar-refractivity contribution in [1.29, 1.82) is 5.26 Å². The molecule has 0 aromatic carbocycles. The molecule has 1 saturated heterocycles. The van der Waals surface area contributed by atoms with Gasteiger partial charge in [0.2, 0.25) is 5.91 Å². The van der Waals surface area contributed by atoms with Crippen molar-refractivity contribution in [3.8, 4) is 6.07 Å². The molecule has 2 rings (SSSR count). The van der Waals surface area contributed by atoms with Gasteiger partial charge in [-0.1, -0.05) is 13.3 Å². The number of fused-ring (bicyclic) bond motifs is 1. The average molecular weight is 236 g/mol. The molecule has 3 unspecified atom stereocenters. The first kappa shape index (κ1) is 12.4. The zero-order chi connectivity index (χ0) is 12.3. The zero-order valence-corrected chi connectivity index (χ0v) is 10.4. The lowest BCUT2D eigenvalue weighted by atomic mass is 10.0. The van der Waals surface area contributed by atoms with Crippen LogP contribution >= 0.6 is 0 Å². The maximum absolute atomic E-state index is 12.3. The molecule has 1 heterocycles. The molecule has 1 amide bonds. The van der Waals surface area contributed by atoms with Crippen LogP contribution in [0.2, 0.25) is 0 Å². The van der Waals surface area contributed by atoms with Gasteiger partial charge in [0.15, 0.2) is 0 Å². The first-order valence-corrected chi connectivity index (χ1v) is 6.59. The number of carbonyl (C=O) groups is 1. The minimum atomic E-state index is -0.459. The number of nitrogens with zero attached hydrogens (tertiary/aromatic N) is 2. The highest BCUT2D eigenvalue weighted by molar-refractivity contribution is 5.81. The van der Waals surface area contributed by atoms with E-state index < -0.39 is 5.92 Å². The molecule has 17 heavy (non-hydrogen) atoms. The summed E-state index contributed by atoms with van der Waals surface area (Å²) in [6.07, 6.45) is 4.98. The van der Waals surface area contributed by atoms with Crippen LogP contribution in [0.1, 0.15) is 39.0 Å². The molecule has 0 radical (unpaired) electrons. The fraction of sp³-hybridized carbons (Fsp3) is 0.846. The Morgan fingerprint density at radius 2 is 2.41 bits per heavy atom. The Morgan fingerprint density at radius 1 is 1.59 bits per heavy atom. The van der Waals surface area contributed by atoms with Crippen LogP contribution in [-0.4, -0.2) is 36.1 Å². The molecule has 2 fully saturated rings. The van der Waals surface area contributed by atoms with Crippen LogP contribution in [0.3, 0.4) is 0 Å². The van der Waals surface area contributed by atoms with Crippen LogP contribution in [0.4, 0.5) is 0 Å².